The van der Waals surface area contributed by atoms with Crippen molar-refractivity contribution in [1.82, 2.24) is 9.29 Å². The van der Waals surface area contributed by atoms with Gasteiger partial charge in [0, 0.05) is 19.2 Å². The van der Waals surface area contributed by atoms with Gasteiger partial charge in [-0.3, -0.25) is 4.57 Å². The van der Waals surface area contributed by atoms with E-state index in [1.54, 1.807) is 19.1 Å². The predicted molar refractivity (Wildman–Crippen MR) is 104 cm³/mol. The number of oxazole rings is 1. The number of aryl methyl sites for hydroxylation is 2. The summed E-state index contributed by atoms with van der Waals surface area (Å²) in [7, 11) is -3.88. The van der Waals surface area contributed by atoms with Crippen LogP contribution in [0.4, 0.5) is 0 Å². The monoisotopic (exact) mass is 406 g/mol. The van der Waals surface area contributed by atoms with Crippen molar-refractivity contribution < 1.29 is 22.7 Å². The zero-order valence-corrected chi connectivity index (χ0v) is 16.4. The molecule has 0 aliphatic carbocycles. The number of nitrogens with zero attached hydrogens (tertiary/aromatic N) is 1. The summed E-state index contributed by atoms with van der Waals surface area (Å²) in [5, 5.41) is 10.0. The average molecular weight is 406 g/mol. The normalized spacial score (nSPS) is 13.0. The van der Waals surface area contributed by atoms with Crippen molar-refractivity contribution >= 4 is 21.1 Å². The fourth-order valence-electron chi connectivity index (χ4n) is 2.69. The molecular weight excluding hydrogens is 384 g/mol. The van der Waals surface area contributed by atoms with Gasteiger partial charge in [-0.15, -0.1) is 0 Å². The Morgan fingerprint density at radius 2 is 1.93 bits per heavy atom. The molecule has 3 rings (SSSR count). The second-order valence-electron chi connectivity index (χ2n) is 6.37. The largest absolute Gasteiger partial charge is 0.491 e. The van der Waals surface area contributed by atoms with E-state index in [-0.39, 0.29) is 23.6 Å². The van der Waals surface area contributed by atoms with Gasteiger partial charge in [0.25, 0.3) is 0 Å². The number of fused-ring (bicyclic) bond motifs is 1. The van der Waals surface area contributed by atoms with Gasteiger partial charge in [0.05, 0.1) is 10.4 Å². The molecule has 28 heavy (non-hydrogen) atoms. The first kappa shape index (κ1) is 20.1. The van der Waals surface area contributed by atoms with Gasteiger partial charge in [-0.25, -0.2) is 17.9 Å². The molecule has 0 aliphatic rings. The molecule has 1 heterocycles. The second kappa shape index (κ2) is 8.17. The highest BCUT2D eigenvalue weighted by molar-refractivity contribution is 7.89. The lowest BCUT2D eigenvalue weighted by molar-refractivity contribution is 0.111. The van der Waals surface area contributed by atoms with Crippen molar-refractivity contribution in [3.05, 3.63) is 58.6 Å². The Morgan fingerprint density at radius 3 is 2.61 bits per heavy atom. The number of aliphatic hydroxyl groups excluding tert-OH is 1. The highest BCUT2D eigenvalue weighted by Crippen LogP contribution is 2.18. The van der Waals surface area contributed by atoms with Crippen LogP contribution in [-0.4, -0.2) is 37.3 Å². The summed E-state index contributed by atoms with van der Waals surface area (Å²) >= 11 is 0. The molecule has 3 aromatic rings. The molecule has 8 nitrogen and oxygen atoms in total. The van der Waals surface area contributed by atoms with Crippen LogP contribution in [-0.2, 0) is 16.6 Å². The van der Waals surface area contributed by atoms with E-state index in [1.807, 2.05) is 19.1 Å². The topological polar surface area (TPSA) is 111 Å². The third-order valence-electron chi connectivity index (χ3n) is 4.24. The minimum Gasteiger partial charge on any atom is -0.491 e. The summed E-state index contributed by atoms with van der Waals surface area (Å²) < 4.78 is 39.2. The molecule has 0 saturated carbocycles. The molecule has 0 amide bonds. The molecule has 1 atom stereocenters. The van der Waals surface area contributed by atoms with Crippen LogP contribution in [0.25, 0.3) is 11.1 Å². The number of hydrogen-bond donors (Lipinski definition) is 2. The van der Waals surface area contributed by atoms with Crippen LogP contribution < -0.4 is 15.2 Å². The molecule has 0 aliphatic heterocycles. The van der Waals surface area contributed by atoms with Crippen LogP contribution in [0.15, 0.2) is 56.6 Å². The van der Waals surface area contributed by atoms with Crippen molar-refractivity contribution in [1.29, 1.82) is 0 Å². The van der Waals surface area contributed by atoms with Crippen LogP contribution in [0, 0.1) is 6.92 Å². The first-order valence-corrected chi connectivity index (χ1v) is 10.3. The number of aliphatic hydroxyl groups is 1. The van der Waals surface area contributed by atoms with E-state index < -0.39 is 21.9 Å². The van der Waals surface area contributed by atoms with E-state index in [1.165, 1.54) is 22.8 Å². The van der Waals surface area contributed by atoms with Crippen molar-refractivity contribution in [2.45, 2.75) is 31.4 Å². The van der Waals surface area contributed by atoms with Crippen LogP contribution in [0.5, 0.6) is 5.75 Å². The maximum Gasteiger partial charge on any atom is 0.419 e. The Labute approximate surface area is 162 Å². The Balaban J connectivity index is 1.63. The Kier molecular flexibility index (Phi) is 5.87. The molecule has 9 heteroatoms. The van der Waals surface area contributed by atoms with Gasteiger partial charge >= 0.3 is 5.76 Å². The first-order valence-electron chi connectivity index (χ1n) is 8.80. The fraction of sp³-hybridized carbons (Fsp3) is 0.316. The number of benzene rings is 2. The lowest BCUT2D eigenvalue weighted by atomic mass is 10.2. The number of hydrogen-bond acceptors (Lipinski definition) is 6. The first-order chi connectivity index (χ1) is 13.3. The van der Waals surface area contributed by atoms with Crippen LogP contribution in [0.3, 0.4) is 0 Å². The third-order valence-corrected chi connectivity index (χ3v) is 5.66. The fourth-order valence-corrected chi connectivity index (χ4v) is 3.78. The van der Waals surface area contributed by atoms with Crippen molar-refractivity contribution in [2.24, 2.45) is 0 Å². The SMILES string of the molecule is CCn1c(=O)oc2cc(S(=O)(=O)NC[C@H](O)COc3ccc(C)cc3)ccc21. The van der Waals surface area contributed by atoms with Gasteiger partial charge in [-0.1, -0.05) is 17.7 Å². The Hall–Kier alpha value is -2.62. The third kappa shape index (κ3) is 4.44. The number of rotatable bonds is 8. The maximum absolute atomic E-state index is 12.5. The average Bonchev–Trinajstić information content (AvgIpc) is 3.00. The molecule has 0 fully saturated rings. The van der Waals surface area contributed by atoms with Gasteiger partial charge in [0.15, 0.2) is 5.58 Å². The van der Waals surface area contributed by atoms with E-state index >= 15 is 0 Å². The van der Waals surface area contributed by atoms with Crippen molar-refractivity contribution in [3.8, 4) is 5.75 Å². The lowest BCUT2D eigenvalue weighted by Crippen LogP contribution is -2.35. The van der Waals surface area contributed by atoms with Gasteiger partial charge in [-0.2, -0.15) is 0 Å². The van der Waals surface area contributed by atoms with Crippen molar-refractivity contribution in [3.63, 3.8) is 0 Å². The summed E-state index contributed by atoms with van der Waals surface area (Å²) in [6.45, 7) is 3.89. The van der Waals surface area contributed by atoms with E-state index in [0.717, 1.165) is 5.56 Å². The number of aromatic nitrogens is 1. The maximum atomic E-state index is 12.5. The molecule has 2 aromatic carbocycles. The number of sulfonamides is 1. The Morgan fingerprint density at radius 1 is 1.21 bits per heavy atom. The lowest BCUT2D eigenvalue weighted by Gasteiger charge is -2.13. The highest BCUT2D eigenvalue weighted by atomic mass is 32.2. The minimum atomic E-state index is -3.88. The summed E-state index contributed by atoms with van der Waals surface area (Å²) in [4.78, 5) is 11.7. The summed E-state index contributed by atoms with van der Waals surface area (Å²) in [5.74, 6) is 0.0529. The van der Waals surface area contributed by atoms with Gasteiger partial charge < -0.3 is 14.3 Å². The van der Waals surface area contributed by atoms with Crippen LogP contribution in [0.1, 0.15) is 12.5 Å². The van der Waals surface area contributed by atoms with E-state index in [0.29, 0.717) is 17.8 Å². The molecule has 2 N–H and O–H groups in total. The van der Waals surface area contributed by atoms with Gasteiger partial charge in [0.1, 0.15) is 18.5 Å². The summed E-state index contributed by atoms with van der Waals surface area (Å²) in [6, 6.07) is 11.5. The number of ether oxygens (including phenoxy) is 1. The second-order valence-corrected chi connectivity index (χ2v) is 8.14. The van der Waals surface area contributed by atoms with E-state index in [2.05, 4.69) is 4.72 Å². The summed E-state index contributed by atoms with van der Waals surface area (Å²) in [6.07, 6.45) is -1.03. The zero-order valence-electron chi connectivity index (χ0n) is 15.6. The molecule has 0 bridgehead atoms. The smallest absolute Gasteiger partial charge is 0.419 e. The van der Waals surface area contributed by atoms with E-state index in [4.69, 9.17) is 9.15 Å². The molecule has 150 valence electrons. The standard InChI is InChI=1S/C19H22N2O6S/c1-3-21-17-9-8-16(10-18(17)27-19(21)23)28(24,25)20-11-14(22)12-26-15-6-4-13(2)5-7-15/h4-10,14,20,22H,3,11-12H2,1-2H3/t14-/m0/s1. The summed E-state index contributed by atoms with van der Waals surface area (Å²) in [5.41, 5.74) is 1.80. The highest BCUT2D eigenvalue weighted by Gasteiger charge is 2.19. The quantitative estimate of drug-likeness (QED) is 0.588. The molecule has 1 aromatic heterocycles. The number of nitrogens with one attached hydrogen (secondary N) is 1. The van der Waals surface area contributed by atoms with Crippen molar-refractivity contribution in [2.75, 3.05) is 13.2 Å². The predicted octanol–water partition coefficient (Wildman–Crippen LogP) is 1.64. The van der Waals surface area contributed by atoms with Crippen LogP contribution >= 0.6 is 0 Å². The molecule has 0 spiro atoms. The van der Waals surface area contributed by atoms with Gasteiger partial charge in [-0.05, 0) is 38.1 Å². The minimum absolute atomic E-state index is 0.0522. The molecule has 0 unspecified atom stereocenters. The zero-order chi connectivity index (χ0) is 20.3. The van der Waals surface area contributed by atoms with Gasteiger partial charge in [0.2, 0.25) is 10.0 Å². The van der Waals surface area contributed by atoms with Crippen LogP contribution in [0.2, 0.25) is 0 Å². The molecular formula is C19H22N2O6S. The Bertz CT molecular complexity index is 1120. The molecule has 0 saturated heterocycles. The van der Waals surface area contributed by atoms with E-state index in [9.17, 15) is 18.3 Å². The molecule has 0 radical (unpaired) electrons.